The van der Waals surface area contributed by atoms with Gasteiger partial charge in [-0.1, -0.05) is 11.6 Å². The third-order valence-electron chi connectivity index (χ3n) is 2.93. The summed E-state index contributed by atoms with van der Waals surface area (Å²) < 4.78 is 25.6. The minimum absolute atomic E-state index is 0.291. The lowest BCUT2D eigenvalue weighted by atomic mass is 9.99. The molecule has 0 aromatic heterocycles. The zero-order valence-electron chi connectivity index (χ0n) is 13.6. The average molecular weight is 367 g/mol. The van der Waals surface area contributed by atoms with E-state index in [4.69, 9.17) is 35.3 Å². The summed E-state index contributed by atoms with van der Waals surface area (Å²) in [5, 5.41) is 0. The Labute approximate surface area is 143 Å². The predicted octanol–water partition coefficient (Wildman–Crippen LogP) is 0.308. The Morgan fingerprint density at radius 1 is 0.792 bits per heavy atom. The summed E-state index contributed by atoms with van der Waals surface area (Å²) >= 11 is 6.05. The molecule has 0 spiro atoms. The van der Waals surface area contributed by atoms with Crippen LogP contribution >= 0.6 is 11.6 Å². The van der Waals surface area contributed by atoms with Crippen LogP contribution in [-0.4, -0.2) is 60.5 Å². The highest BCUT2D eigenvalue weighted by molar-refractivity contribution is 6.20. The molecule has 0 aliphatic carbocycles. The van der Waals surface area contributed by atoms with E-state index in [1.54, 1.807) is 0 Å². The van der Waals surface area contributed by atoms with Gasteiger partial charge in [0, 0.05) is 27.7 Å². The molecule has 1 heterocycles. The van der Waals surface area contributed by atoms with E-state index in [0.717, 1.165) is 20.8 Å². The number of esters is 4. The number of ether oxygens (including phenoxy) is 5. The number of hydrogen-bond acceptors (Lipinski definition) is 9. The highest BCUT2D eigenvalue weighted by Crippen LogP contribution is 2.30. The molecule has 1 aliphatic heterocycles. The Kier molecular flexibility index (Phi) is 7.43. The van der Waals surface area contributed by atoms with Gasteiger partial charge in [-0.25, -0.2) is 0 Å². The molecule has 9 nitrogen and oxygen atoms in total. The Morgan fingerprint density at radius 2 is 1.25 bits per heavy atom. The molecule has 1 rings (SSSR count). The zero-order valence-corrected chi connectivity index (χ0v) is 14.4. The highest BCUT2D eigenvalue weighted by Gasteiger charge is 2.51. The number of halogens is 1. The first-order valence-electron chi connectivity index (χ1n) is 7.06. The van der Waals surface area contributed by atoms with E-state index in [0.29, 0.717) is 0 Å². The average Bonchev–Trinajstić information content (AvgIpc) is 2.42. The highest BCUT2D eigenvalue weighted by atomic mass is 35.5. The SMILES string of the molecule is CC(=O)OC[C@@H]1O[C@H](Cl)[C@@H](OC(C)=O)[C@H](OC(C)=O)[C@H]1OC(C)=O. The van der Waals surface area contributed by atoms with Crippen LogP contribution in [0.25, 0.3) is 0 Å². The molecular weight excluding hydrogens is 348 g/mol. The van der Waals surface area contributed by atoms with E-state index in [1.807, 2.05) is 0 Å². The molecule has 5 atom stereocenters. The van der Waals surface area contributed by atoms with E-state index in [-0.39, 0.29) is 6.61 Å². The second-order valence-electron chi connectivity index (χ2n) is 5.05. The van der Waals surface area contributed by atoms with Gasteiger partial charge in [0.05, 0.1) is 0 Å². The van der Waals surface area contributed by atoms with E-state index < -0.39 is 53.9 Å². The molecule has 1 aliphatic rings. The first-order valence-corrected chi connectivity index (χ1v) is 7.50. The fourth-order valence-electron chi connectivity index (χ4n) is 2.18. The lowest BCUT2D eigenvalue weighted by Gasteiger charge is -2.42. The smallest absolute Gasteiger partial charge is 0.303 e. The summed E-state index contributed by atoms with van der Waals surface area (Å²) in [5.74, 6) is -2.67. The molecule has 0 radical (unpaired) electrons. The Hall–Kier alpha value is -1.87. The molecule has 10 heteroatoms. The first kappa shape index (κ1) is 20.2. The summed E-state index contributed by atoms with van der Waals surface area (Å²) in [6.45, 7) is 4.31. The van der Waals surface area contributed by atoms with Crippen molar-refractivity contribution in [2.45, 2.75) is 57.7 Å². The number of hydrogen-bond donors (Lipinski definition) is 0. The van der Waals surface area contributed by atoms with Crippen LogP contribution in [-0.2, 0) is 42.9 Å². The number of alkyl halides is 1. The lowest BCUT2D eigenvalue weighted by molar-refractivity contribution is -0.238. The van der Waals surface area contributed by atoms with Crippen LogP contribution in [0, 0.1) is 0 Å². The van der Waals surface area contributed by atoms with Gasteiger partial charge >= 0.3 is 23.9 Å². The maximum absolute atomic E-state index is 11.4. The van der Waals surface area contributed by atoms with Gasteiger partial charge in [0.25, 0.3) is 0 Å². The summed E-state index contributed by atoms with van der Waals surface area (Å²) in [4.78, 5) is 45.0. The van der Waals surface area contributed by atoms with E-state index >= 15 is 0 Å². The van der Waals surface area contributed by atoms with Crippen molar-refractivity contribution >= 4 is 35.5 Å². The largest absolute Gasteiger partial charge is 0.463 e. The molecule has 0 aromatic carbocycles. The Balaban J connectivity index is 3.11. The molecule has 136 valence electrons. The maximum Gasteiger partial charge on any atom is 0.303 e. The van der Waals surface area contributed by atoms with Gasteiger partial charge in [-0.05, 0) is 0 Å². The van der Waals surface area contributed by atoms with Crippen molar-refractivity contribution in [2.24, 2.45) is 0 Å². The van der Waals surface area contributed by atoms with E-state index in [1.165, 1.54) is 6.92 Å². The molecule has 0 unspecified atom stereocenters. The van der Waals surface area contributed by atoms with Gasteiger partial charge in [-0.15, -0.1) is 0 Å². The standard InChI is InChI=1S/C14H19ClO9/c1-6(16)20-5-10-11(21-7(2)17)12(22-8(3)18)13(14(15)24-10)23-9(4)19/h10-14H,5H2,1-4H3/t10-,11-,12+,13-,14-/m0/s1. The molecular formula is C14H19ClO9. The molecule has 0 amide bonds. The van der Waals surface area contributed by atoms with Crippen LogP contribution in [0.2, 0.25) is 0 Å². The number of carbonyl (C=O) groups is 4. The normalized spacial score (nSPS) is 29.3. The molecule has 1 fully saturated rings. The minimum atomic E-state index is -1.22. The van der Waals surface area contributed by atoms with Crippen molar-refractivity contribution in [3.8, 4) is 0 Å². The molecule has 0 bridgehead atoms. The maximum atomic E-state index is 11.4. The van der Waals surface area contributed by atoms with Crippen molar-refractivity contribution in [3.05, 3.63) is 0 Å². The van der Waals surface area contributed by atoms with Crippen LogP contribution in [0.4, 0.5) is 0 Å². The van der Waals surface area contributed by atoms with Crippen molar-refractivity contribution in [1.82, 2.24) is 0 Å². The fourth-order valence-corrected chi connectivity index (χ4v) is 2.50. The summed E-state index contributed by atoms with van der Waals surface area (Å²) in [7, 11) is 0. The third-order valence-corrected chi connectivity index (χ3v) is 3.29. The minimum Gasteiger partial charge on any atom is -0.463 e. The summed E-state index contributed by atoms with van der Waals surface area (Å²) in [6, 6.07) is 0. The molecule has 24 heavy (non-hydrogen) atoms. The van der Waals surface area contributed by atoms with Crippen molar-refractivity contribution < 1.29 is 42.9 Å². The third kappa shape index (κ3) is 5.97. The van der Waals surface area contributed by atoms with Gasteiger partial charge in [-0.2, -0.15) is 0 Å². The van der Waals surface area contributed by atoms with Crippen molar-refractivity contribution in [3.63, 3.8) is 0 Å². The van der Waals surface area contributed by atoms with Gasteiger partial charge in [0.1, 0.15) is 12.7 Å². The monoisotopic (exact) mass is 366 g/mol. The van der Waals surface area contributed by atoms with Gasteiger partial charge < -0.3 is 23.7 Å². The quantitative estimate of drug-likeness (QED) is 0.385. The second-order valence-corrected chi connectivity index (χ2v) is 5.48. The first-order chi connectivity index (χ1) is 11.1. The molecule has 0 saturated carbocycles. The molecule has 0 N–H and O–H groups in total. The van der Waals surface area contributed by atoms with Crippen LogP contribution in [0.5, 0.6) is 0 Å². The molecule has 1 saturated heterocycles. The fraction of sp³-hybridized carbons (Fsp3) is 0.714. The topological polar surface area (TPSA) is 114 Å². The Bertz CT molecular complexity index is 506. The second kappa shape index (κ2) is 8.84. The van der Waals surface area contributed by atoms with Gasteiger partial charge in [0.15, 0.2) is 23.9 Å². The van der Waals surface area contributed by atoms with Crippen LogP contribution in [0.3, 0.4) is 0 Å². The predicted molar refractivity (Wildman–Crippen MR) is 77.8 cm³/mol. The van der Waals surface area contributed by atoms with Crippen LogP contribution in [0.1, 0.15) is 27.7 Å². The lowest BCUT2D eigenvalue weighted by Crippen LogP contribution is -2.61. The molecule has 0 aromatic rings. The summed E-state index contributed by atoms with van der Waals surface area (Å²) in [6.07, 6.45) is -4.60. The van der Waals surface area contributed by atoms with Gasteiger partial charge in [-0.3, -0.25) is 19.2 Å². The van der Waals surface area contributed by atoms with Gasteiger partial charge in [0.2, 0.25) is 0 Å². The van der Waals surface area contributed by atoms with Crippen molar-refractivity contribution in [2.75, 3.05) is 6.61 Å². The van der Waals surface area contributed by atoms with Crippen molar-refractivity contribution in [1.29, 1.82) is 0 Å². The van der Waals surface area contributed by atoms with E-state index in [9.17, 15) is 19.2 Å². The zero-order chi connectivity index (χ0) is 18.4. The Morgan fingerprint density at radius 3 is 1.71 bits per heavy atom. The van der Waals surface area contributed by atoms with E-state index in [2.05, 4.69) is 0 Å². The number of carbonyl (C=O) groups excluding carboxylic acids is 4. The van der Waals surface area contributed by atoms with Crippen LogP contribution in [0.15, 0.2) is 0 Å². The van der Waals surface area contributed by atoms with Crippen LogP contribution < -0.4 is 0 Å². The summed E-state index contributed by atoms with van der Waals surface area (Å²) in [5.41, 5.74) is -1.20. The number of rotatable bonds is 5.